The van der Waals surface area contributed by atoms with Crippen LogP contribution in [0.15, 0.2) is 145 Å². The third kappa shape index (κ3) is 3.55. The average Bonchev–Trinajstić information content (AvgIpc) is 3.11. The maximum absolute atomic E-state index is 9.67. The second-order valence-corrected chi connectivity index (χ2v) is 9.41. The fourth-order valence-electron chi connectivity index (χ4n) is 5.34. The zero-order valence-electron chi connectivity index (χ0n) is 29.6. The van der Waals surface area contributed by atoms with Crippen molar-refractivity contribution in [2.75, 3.05) is 0 Å². The van der Waals surface area contributed by atoms with Crippen LogP contribution >= 0.6 is 0 Å². The molecular weight excluding hydrogens is 472 g/mol. The molecule has 0 atom stereocenters. The molecule has 7 aromatic rings. The molecule has 0 N–H and O–H groups in total. The Morgan fingerprint density at radius 3 is 2.21 bits per heavy atom. The quantitative estimate of drug-likeness (QED) is 0.232. The summed E-state index contributed by atoms with van der Waals surface area (Å²) in [6, 6.07) is 25.7. The van der Waals surface area contributed by atoms with Gasteiger partial charge in [-0.2, -0.15) is 0 Å². The van der Waals surface area contributed by atoms with Crippen LogP contribution < -0.4 is 4.74 Å². The highest BCUT2D eigenvalue weighted by molar-refractivity contribution is 6.06. The Balaban J connectivity index is 1.52. The minimum absolute atomic E-state index is 0.0170. The van der Waals surface area contributed by atoms with Crippen LogP contribution in [0.25, 0.3) is 66.1 Å². The first kappa shape index (κ1) is 14.7. The van der Waals surface area contributed by atoms with Gasteiger partial charge < -0.3 is 4.74 Å². The van der Waals surface area contributed by atoms with E-state index in [1.165, 1.54) is 0 Å². The SMILES string of the molecule is [2H]c1c([2H])c(-c2cc(-c3ccccc3)ccc2-c2cccc3ccccc23)c([2H])c2c1Oc1c([2H])c([2H])c([2H])c3c([2H])c([2H])c([2H])c-2c13. The number of rotatable bonds is 3. The van der Waals surface area contributed by atoms with Gasteiger partial charge in [-0.05, 0) is 79.3 Å². The van der Waals surface area contributed by atoms with Gasteiger partial charge in [0.05, 0.1) is 12.3 Å². The summed E-state index contributed by atoms with van der Waals surface area (Å²) in [5.41, 5.74) is 3.93. The number of hydrogen-bond acceptors (Lipinski definition) is 1. The molecule has 1 aliphatic heterocycles. The molecular formula is C38H24O. The third-order valence-corrected chi connectivity index (χ3v) is 7.17. The van der Waals surface area contributed by atoms with Crippen LogP contribution in [-0.2, 0) is 0 Å². The molecule has 0 saturated heterocycles. The molecule has 1 nitrogen and oxygen atoms in total. The van der Waals surface area contributed by atoms with Crippen LogP contribution in [0.1, 0.15) is 12.3 Å². The van der Waals surface area contributed by atoms with Gasteiger partial charge in [0.25, 0.3) is 0 Å². The van der Waals surface area contributed by atoms with E-state index in [1.54, 1.807) is 0 Å². The summed E-state index contributed by atoms with van der Waals surface area (Å²) >= 11 is 0. The molecule has 1 heterocycles. The summed E-state index contributed by atoms with van der Waals surface area (Å²) < 4.78 is 85.8. The van der Waals surface area contributed by atoms with Crippen molar-refractivity contribution < 1.29 is 17.1 Å². The standard InChI is InChI=1S/C38H24O/c1-2-9-25(10-3-1)28-19-21-32(31-16-6-12-26-11-4-5-15-30(26)31)34(23-28)29-20-22-36-35(24-29)33-17-7-13-27-14-8-18-37(39-36)38(27)33/h1-24H/i7D,8D,13D,14D,17D,18D,20D,22D,24D. The third-order valence-electron chi connectivity index (χ3n) is 7.17. The summed E-state index contributed by atoms with van der Waals surface area (Å²) in [5, 5.41) is 1.86. The number of benzene rings is 7. The molecule has 7 aromatic carbocycles. The predicted molar refractivity (Wildman–Crippen MR) is 163 cm³/mol. The predicted octanol–water partition coefficient (Wildman–Crippen LogP) is 10.8. The Morgan fingerprint density at radius 1 is 0.462 bits per heavy atom. The van der Waals surface area contributed by atoms with Crippen molar-refractivity contribution in [3.8, 4) is 56.0 Å². The molecule has 0 saturated carbocycles. The van der Waals surface area contributed by atoms with Crippen molar-refractivity contribution in [3.63, 3.8) is 0 Å². The van der Waals surface area contributed by atoms with Gasteiger partial charge in [-0.3, -0.25) is 0 Å². The van der Waals surface area contributed by atoms with Crippen molar-refractivity contribution in [2.24, 2.45) is 0 Å². The lowest BCUT2D eigenvalue weighted by Crippen LogP contribution is -1.97. The van der Waals surface area contributed by atoms with E-state index in [1.807, 2.05) is 91.0 Å². The molecule has 0 radical (unpaired) electrons. The highest BCUT2D eigenvalue weighted by atomic mass is 16.5. The van der Waals surface area contributed by atoms with Crippen LogP contribution in [0.3, 0.4) is 0 Å². The van der Waals surface area contributed by atoms with Crippen molar-refractivity contribution in [2.45, 2.75) is 0 Å². The molecule has 0 spiro atoms. The lowest BCUT2D eigenvalue weighted by molar-refractivity contribution is 0.487. The summed E-state index contributed by atoms with van der Waals surface area (Å²) in [7, 11) is 0. The zero-order valence-corrected chi connectivity index (χ0v) is 20.6. The molecule has 8 rings (SSSR count). The monoisotopic (exact) mass is 505 g/mol. The minimum atomic E-state index is -0.518. The van der Waals surface area contributed by atoms with Crippen LogP contribution in [0.5, 0.6) is 11.5 Å². The van der Waals surface area contributed by atoms with Crippen LogP contribution in [0.4, 0.5) is 0 Å². The Kier molecular flexibility index (Phi) is 3.29. The topological polar surface area (TPSA) is 9.23 Å². The Bertz CT molecular complexity index is 2510. The summed E-state index contributed by atoms with van der Waals surface area (Å²) in [6.07, 6.45) is 0. The first-order valence-electron chi connectivity index (χ1n) is 17.1. The van der Waals surface area contributed by atoms with Gasteiger partial charge in [0.15, 0.2) is 0 Å². The van der Waals surface area contributed by atoms with Crippen molar-refractivity contribution in [3.05, 3.63) is 145 Å². The van der Waals surface area contributed by atoms with Gasteiger partial charge in [0, 0.05) is 10.9 Å². The number of hydrogen-bond donors (Lipinski definition) is 0. The Morgan fingerprint density at radius 2 is 1.28 bits per heavy atom. The van der Waals surface area contributed by atoms with Crippen LogP contribution in [0, 0.1) is 0 Å². The lowest BCUT2D eigenvalue weighted by Gasteiger charge is -2.22. The first-order valence-corrected chi connectivity index (χ1v) is 12.6. The largest absolute Gasteiger partial charge is 0.456 e. The number of ether oxygens (including phenoxy) is 1. The molecule has 0 aliphatic carbocycles. The molecule has 39 heavy (non-hydrogen) atoms. The first-order chi connectivity index (χ1) is 23.1. The minimum Gasteiger partial charge on any atom is -0.456 e. The summed E-state index contributed by atoms with van der Waals surface area (Å²) in [5.74, 6) is -0.456. The van der Waals surface area contributed by atoms with E-state index in [0.29, 0.717) is 5.56 Å². The van der Waals surface area contributed by atoms with E-state index in [-0.39, 0.29) is 57.1 Å². The maximum Gasteiger partial charge on any atom is 0.135 e. The van der Waals surface area contributed by atoms with Gasteiger partial charge in [-0.15, -0.1) is 0 Å². The summed E-state index contributed by atoms with van der Waals surface area (Å²) in [6.45, 7) is 0. The van der Waals surface area contributed by atoms with E-state index >= 15 is 0 Å². The van der Waals surface area contributed by atoms with Crippen LogP contribution in [0.2, 0.25) is 0 Å². The van der Waals surface area contributed by atoms with E-state index in [4.69, 9.17) is 14.3 Å². The molecule has 0 amide bonds. The van der Waals surface area contributed by atoms with E-state index in [2.05, 4.69) is 0 Å². The second kappa shape index (κ2) is 8.72. The smallest absolute Gasteiger partial charge is 0.135 e. The highest BCUT2D eigenvalue weighted by Gasteiger charge is 2.21. The molecule has 0 unspecified atom stereocenters. The molecule has 0 bridgehead atoms. The van der Waals surface area contributed by atoms with Gasteiger partial charge in [-0.25, -0.2) is 0 Å². The second-order valence-electron chi connectivity index (χ2n) is 9.41. The Labute approximate surface area is 240 Å². The van der Waals surface area contributed by atoms with Gasteiger partial charge in [-0.1, -0.05) is 121 Å². The number of fused-ring (bicyclic) bond motifs is 3. The van der Waals surface area contributed by atoms with E-state index < -0.39 is 36.3 Å². The van der Waals surface area contributed by atoms with E-state index in [9.17, 15) is 2.74 Å². The van der Waals surface area contributed by atoms with Gasteiger partial charge in [0.1, 0.15) is 11.5 Å². The summed E-state index contributed by atoms with van der Waals surface area (Å²) in [4.78, 5) is 0. The van der Waals surface area contributed by atoms with Crippen molar-refractivity contribution in [1.82, 2.24) is 0 Å². The zero-order chi connectivity index (χ0) is 33.6. The molecule has 1 heteroatoms. The Hall–Kier alpha value is -5.14. The maximum atomic E-state index is 9.67. The van der Waals surface area contributed by atoms with E-state index in [0.717, 1.165) is 33.0 Å². The molecule has 1 aliphatic rings. The van der Waals surface area contributed by atoms with Crippen LogP contribution in [-0.4, -0.2) is 0 Å². The fraction of sp³-hybridized carbons (Fsp3) is 0. The lowest BCUT2D eigenvalue weighted by atomic mass is 9.87. The normalized spacial score (nSPS) is 15.0. The van der Waals surface area contributed by atoms with Gasteiger partial charge >= 0.3 is 0 Å². The fourth-order valence-corrected chi connectivity index (χ4v) is 5.34. The molecule has 0 aromatic heterocycles. The molecule has 0 fully saturated rings. The highest BCUT2D eigenvalue weighted by Crippen LogP contribution is 2.48. The molecule has 182 valence electrons. The van der Waals surface area contributed by atoms with Crippen molar-refractivity contribution >= 4 is 21.5 Å². The van der Waals surface area contributed by atoms with Gasteiger partial charge in [0.2, 0.25) is 0 Å². The average molecular weight is 506 g/mol. The van der Waals surface area contributed by atoms with Crippen molar-refractivity contribution in [1.29, 1.82) is 0 Å².